The van der Waals surface area contributed by atoms with Crippen LogP contribution < -0.4 is 10.6 Å². The first-order chi connectivity index (χ1) is 8.93. The van der Waals surface area contributed by atoms with Crippen molar-refractivity contribution in [3.05, 3.63) is 28.8 Å². The smallest absolute Gasteiger partial charge is 0.334 e. The van der Waals surface area contributed by atoms with Crippen LogP contribution in [0, 0.1) is 6.92 Å². The molecule has 1 atom stereocenters. The normalized spacial score (nSPS) is 11.7. The fraction of sp³-hybridized carbons (Fsp3) is 0.333. The molecule has 2 amide bonds. The summed E-state index contributed by atoms with van der Waals surface area (Å²) in [6.45, 7) is 1.74. The molecule has 1 aromatic carbocycles. The maximum atomic E-state index is 11.6. The number of carbonyl (C=O) groups is 2. The van der Waals surface area contributed by atoms with Gasteiger partial charge in [-0.05, 0) is 24.6 Å². The van der Waals surface area contributed by atoms with Gasteiger partial charge in [-0.1, -0.05) is 17.7 Å². The van der Waals surface area contributed by atoms with Crippen LogP contribution in [0.3, 0.4) is 0 Å². The Morgan fingerprint density at radius 1 is 1.47 bits per heavy atom. The Bertz CT molecular complexity index is 479. The van der Waals surface area contributed by atoms with Crippen molar-refractivity contribution in [3.8, 4) is 0 Å². The number of carboxylic acids is 1. The van der Waals surface area contributed by atoms with Crippen molar-refractivity contribution in [2.45, 2.75) is 13.0 Å². The number of ether oxygens (including phenoxy) is 1. The van der Waals surface area contributed by atoms with E-state index in [1.165, 1.54) is 7.11 Å². The van der Waals surface area contributed by atoms with Gasteiger partial charge in [0.2, 0.25) is 0 Å². The fourth-order valence-electron chi connectivity index (χ4n) is 1.34. The molecule has 6 nitrogen and oxygen atoms in total. The maximum Gasteiger partial charge on any atom is 0.334 e. The second kappa shape index (κ2) is 6.96. The lowest BCUT2D eigenvalue weighted by molar-refractivity contribution is -0.147. The van der Waals surface area contributed by atoms with Crippen molar-refractivity contribution in [2.24, 2.45) is 0 Å². The zero-order valence-electron chi connectivity index (χ0n) is 10.6. The molecule has 0 aromatic heterocycles. The van der Waals surface area contributed by atoms with E-state index in [1.54, 1.807) is 18.2 Å². The molecule has 0 saturated heterocycles. The highest BCUT2D eigenvalue weighted by Gasteiger charge is 2.17. The number of hydrogen-bond donors (Lipinski definition) is 3. The number of amides is 2. The minimum absolute atomic E-state index is 0.138. The summed E-state index contributed by atoms with van der Waals surface area (Å²) >= 11 is 5.95. The van der Waals surface area contributed by atoms with E-state index in [4.69, 9.17) is 16.7 Å². The summed E-state index contributed by atoms with van der Waals surface area (Å²) in [6, 6.07) is 4.64. The molecule has 1 aromatic rings. The third-order valence-corrected chi connectivity index (χ3v) is 2.69. The summed E-state index contributed by atoms with van der Waals surface area (Å²) in [5.74, 6) is -1.14. The molecule has 7 heteroatoms. The number of carbonyl (C=O) groups excluding carboxylic acids is 1. The van der Waals surface area contributed by atoms with Crippen molar-refractivity contribution >= 4 is 29.3 Å². The van der Waals surface area contributed by atoms with Crippen molar-refractivity contribution in [1.82, 2.24) is 5.32 Å². The number of methoxy groups -OCH3 is 1. The Morgan fingerprint density at radius 2 is 2.16 bits per heavy atom. The highest BCUT2D eigenvalue weighted by molar-refractivity contribution is 6.33. The molecule has 0 aliphatic carbocycles. The zero-order chi connectivity index (χ0) is 14.4. The van der Waals surface area contributed by atoms with Gasteiger partial charge in [-0.25, -0.2) is 9.59 Å². The lowest BCUT2D eigenvalue weighted by Crippen LogP contribution is -2.39. The van der Waals surface area contributed by atoms with Crippen molar-refractivity contribution in [2.75, 3.05) is 19.0 Å². The predicted molar refractivity (Wildman–Crippen MR) is 71.6 cm³/mol. The molecule has 0 saturated carbocycles. The quantitative estimate of drug-likeness (QED) is 0.771. The number of aryl methyl sites for hydroxylation is 1. The van der Waals surface area contributed by atoms with Crippen LogP contribution >= 0.6 is 11.6 Å². The van der Waals surface area contributed by atoms with Crippen LogP contribution in [0.15, 0.2) is 18.2 Å². The minimum atomic E-state index is -1.14. The lowest BCUT2D eigenvalue weighted by Gasteiger charge is -2.13. The minimum Gasteiger partial charge on any atom is -0.479 e. The number of carboxylic acid groups (broad SMARTS) is 1. The van der Waals surface area contributed by atoms with E-state index in [0.717, 1.165) is 5.56 Å². The molecule has 0 aliphatic rings. The summed E-state index contributed by atoms with van der Waals surface area (Å²) in [5, 5.41) is 14.1. The molecule has 0 heterocycles. The Morgan fingerprint density at radius 3 is 2.68 bits per heavy atom. The zero-order valence-corrected chi connectivity index (χ0v) is 11.3. The molecule has 0 bridgehead atoms. The van der Waals surface area contributed by atoms with E-state index in [9.17, 15) is 9.59 Å². The van der Waals surface area contributed by atoms with Gasteiger partial charge >= 0.3 is 12.0 Å². The number of halogens is 1. The summed E-state index contributed by atoms with van der Waals surface area (Å²) in [4.78, 5) is 22.2. The number of anilines is 1. The van der Waals surface area contributed by atoms with Crippen molar-refractivity contribution < 1.29 is 19.4 Å². The molecular weight excluding hydrogens is 272 g/mol. The van der Waals surface area contributed by atoms with E-state index in [2.05, 4.69) is 15.4 Å². The van der Waals surface area contributed by atoms with Crippen LogP contribution in [-0.2, 0) is 9.53 Å². The van der Waals surface area contributed by atoms with Gasteiger partial charge in [-0.15, -0.1) is 0 Å². The number of urea groups is 1. The summed E-state index contributed by atoms with van der Waals surface area (Å²) in [5.41, 5.74) is 1.43. The van der Waals surface area contributed by atoms with Crippen LogP contribution in [0.5, 0.6) is 0 Å². The molecule has 0 fully saturated rings. The van der Waals surface area contributed by atoms with Gasteiger partial charge in [-0.3, -0.25) is 0 Å². The number of nitrogens with one attached hydrogen (secondary N) is 2. The van der Waals surface area contributed by atoms with E-state index >= 15 is 0 Å². The van der Waals surface area contributed by atoms with E-state index in [1.807, 2.05) is 6.92 Å². The first-order valence-corrected chi connectivity index (χ1v) is 5.88. The van der Waals surface area contributed by atoms with E-state index in [0.29, 0.717) is 10.7 Å². The molecular formula is C12H15ClN2O4. The molecule has 0 radical (unpaired) electrons. The highest BCUT2D eigenvalue weighted by atomic mass is 35.5. The van der Waals surface area contributed by atoms with Crippen LogP contribution in [-0.4, -0.2) is 36.9 Å². The third kappa shape index (κ3) is 4.76. The first-order valence-electron chi connectivity index (χ1n) is 5.50. The fourth-order valence-corrected chi connectivity index (χ4v) is 1.63. The summed E-state index contributed by atoms with van der Waals surface area (Å²) in [6.07, 6.45) is -1.08. The Balaban J connectivity index is 2.53. The Kier molecular flexibility index (Phi) is 5.59. The molecule has 0 spiro atoms. The monoisotopic (exact) mass is 286 g/mol. The number of aliphatic carboxylic acids is 1. The average Bonchev–Trinajstić information content (AvgIpc) is 2.33. The third-order valence-electron chi connectivity index (χ3n) is 2.38. The van der Waals surface area contributed by atoms with E-state index < -0.39 is 18.1 Å². The molecule has 19 heavy (non-hydrogen) atoms. The van der Waals surface area contributed by atoms with Crippen LogP contribution in [0.2, 0.25) is 5.02 Å². The van der Waals surface area contributed by atoms with Gasteiger partial charge in [0, 0.05) is 7.11 Å². The molecule has 3 N–H and O–H groups in total. The maximum absolute atomic E-state index is 11.6. The predicted octanol–water partition coefficient (Wildman–Crippen LogP) is 1.87. The first kappa shape index (κ1) is 15.3. The summed E-state index contributed by atoms with van der Waals surface area (Å²) < 4.78 is 4.68. The van der Waals surface area contributed by atoms with Crippen LogP contribution in [0.25, 0.3) is 0 Å². The topological polar surface area (TPSA) is 87.7 Å². The molecule has 1 rings (SSSR count). The van der Waals surface area contributed by atoms with Gasteiger partial charge in [0.15, 0.2) is 6.10 Å². The van der Waals surface area contributed by atoms with Gasteiger partial charge in [0.05, 0.1) is 17.3 Å². The molecule has 0 aliphatic heterocycles. The highest BCUT2D eigenvalue weighted by Crippen LogP contribution is 2.22. The van der Waals surface area contributed by atoms with Gasteiger partial charge in [-0.2, -0.15) is 0 Å². The number of hydrogen-bond acceptors (Lipinski definition) is 3. The standard InChI is InChI=1S/C12H15ClN2O4/c1-7-3-4-9(8(13)5-7)15-12(18)14-6-10(19-2)11(16)17/h3-5,10H,6H2,1-2H3,(H,16,17)(H2,14,15,18). The van der Waals surface area contributed by atoms with Gasteiger partial charge in [0.25, 0.3) is 0 Å². The molecule has 104 valence electrons. The molecule has 1 unspecified atom stereocenters. The van der Waals surface area contributed by atoms with Gasteiger partial charge < -0.3 is 20.5 Å². The van der Waals surface area contributed by atoms with Crippen molar-refractivity contribution in [1.29, 1.82) is 0 Å². The Labute approximate surface area is 115 Å². The van der Waals surface area contributed by atoms with Gasteiger partial charge in [0.1, 0.15) is 0 Å². The second-order valence-corrected chi connectivity index (χ2v) is 4.29. The van der Waals surface area contributed by atoms with Crippen LogP contribution in [0.4, 0.5) is 10.5 Å². The lowest BCUT2D eigenvalue weighted by atomic mass is 10.2. The van der Waals surface area contributed by atoms with Crippen LogP contribution in [0.1, 0.15) is 5.56 Å². The van der Waals surface area contributed by atoms with E-state index in [-0.39, 0.29) is 6.54 Å². The average molecular weight is 287 g/mol. The number of benzene rings is 1. The van der Waals surface area contributed by atoms with Crippen molar-refractivity contribution in [3.63, 3.8) is 0 Å². The Hall–Kier alpha value is -1.79. The summed E-state index contributed by atoms with van der Waals surface area (Å²) in [7, 11) is 1.26. The second-order valence-electron chi connectivity index (χ2n) is 3.88. The number of rotatable bonds is 5. The largest absolute Gasteiger partial charge is 0.479 e. The SMILES string of the molecule is COC(CNC(=O)Nc1ccc(C)cc1Cl)C(=O)O.